The fraction of sp³-hybridized carbons (Fsp3) is 0.867. The van der Waals surface area contributed by atoms with Crippen LogP contribution in [0.1, 0.15) is 48.0 Å². The number of rotatable bonds is 7. The lowest BCUT2D eigenvalue weighted by atomic mass is 9.84. The summed E-state index contributed by atoms with van der Waals surface area (Å²) in [4.78, 5) is 25.0. The predicted molar refractivity (Wildman–Crippen MR) is 80.7 cm³/mol. The summed E-state index contributed by atoms with van der Waals surface area (Å²) in [5, 5.41) is 12.0. The van der Waals surface area contributed by atoms with Gasteiger partial charge in [-0.25, -0.2) is 4.79 Å². The van der Waals surface area contributed by atoms with Crippen LogP contribution in [0.5, 0.6) is 0 Å². The van der Waals surface area contributed by atoms with Gasteiger partial charge in [-0.15, -0.1) is 0 Å². The maximum absolute atomic E-state index is 12.0. The molecule has 0 aromatic carbocycles. The third kappa shape index (κ3) is 8.02. The van der Waals surface area contributed by atoms with Gasteiger partial charge >= 0.3 is 12.0 Å². The van der Waals surface area contributed by atoms with Gasteiger partial charge in [0.15, 0.2) is 0 Å². The molecule has 0 fully saturated rings. The van der Waals surface area contributed by atoms with Gasteiger partial charge < -0.3 is 15.3 Å². The van der Waals surface area contributed by atoms with Gasteiger partial charge in [0, 0.05) is 19.6 Å². The van der Waals surface area contributed by atoms with Crippen molar-refractivity contribution in [3.8, 4) is 0 Å². The Kier molecular flexibility index (Phi) is 7.61. The Bertz CT molecular complexity index is 322. The molecular formula is C15H30N2O3. The van der Waals surface area contributed by atoms with E-state index in [9.17, 15) is 14.7 Å². The van der Waals surface area contributed by atoms with Gasteiger partial charge in [0.25, 0.3) is 0 Å². The molecule has 0 aromatic rings. The minimum absolute atomic E-state index is 0.0733. The van der Waals surface area contributed by atoms with Gasteiger partial charge in [-0.3, -0.25) is 4.79 Å². The first-order valence-corrected chi connectivity index (χ1v) is 7.32. The quantitative estimate of drug-likeness (QED) is 0.756. The second kappa shape index (κ2) is 8.12. The molecule has 0 rings (SSSR count). The number of nitrogens with zero attached hydrogens (tertiary/aromatic N) is 1. The Morgan fingerprint density at radius 2 is 1.80 bits per heavy atom. The molecule has 20 heavy (non-hydrogen) atoms. The van der Waals surface area contributed by atoms with E-state index in [0.29, 0.717) is 25.4 Å². The Morgan fingerprint density at radius 1 is 1.25 bits per heavy atom. The van der Waals surface area contributed by atoms with Crippen LogP contribution in [-0.2, 0) is 4.79 Å². The molecule has 0 aliphatic rings. The van der Waals surface area contributed by atoms with Crippen LogP contribution < -0.4 is 5.32 Å². The van der Waals surface area contributed by atoms with Crippen molar-refractivity contribution in [2.24, 2.45) is 17.3 Å². The van der Waals surface area contributed by atoms with Gasteiger partial charge in [0.05, 0.1) is 5.92 Å². The number of carboxylic acids is 1. The van der Waals surface area contributed by atoms with Crippen molar-refractivity contribution >= 4 is 12.0 Å². The molecule has 0 bridgehead atoms. The summed E-state index contributed by atoms with van der Waals surface area (Å²) < 4.78 is 0. The fourth-order valence-corrected chi connectivity index (χ4v) is 2.10. The average molecular weight is 286 g/mol. The van der Waals surface area contributed by atoms with Crippen molar-refractivity contribution in [2.45, 2.75) is 48.0 Å². The molecule has 1 unspecified atom stereocenters. The van der Waals surface area contributed by atoms with E-state index in [1.807, 2.05) is 27.7 Å². The normalized spacial score (nSPS) is 13.2. The Morgan fingerprint density at radius 3 is 2.15 bits per heavy atom. The topological polar surface area (TPSA) is 69.6 Å². The molecule has 2 amide bonds. The van der Waals surface area contributed by atoms with Gasteiger partial charge in [0.1, 0.15) is 0 Å². The van der Waals surface area contributed by atoms with Crippen molar-refractivity contribution < 1.29 is 14.7 Å². The van der Waals surface area contributed by atoms with E-state index in [0.717, 1.165) is 0 Å². The molecule has 0 spiro atoms. The van der Waals surface area contributed by atoms with Crippen LogP contribution in [0.4, 0.5) is 4.79 Å². The molecule has 0 radical (unpaired) electrons. The van der Waals surface area contributed by atoms with Crippen molar-refractivity contribution in [3.05, 3.63) is 0 Å². The average Bonchev–Trinajstić information content (AvgIpc) is 2.28. The number of carbonyl (C=O) groups is 2. The summed E-state index contributed by atoms with van der Waals surface area (Å²) in [5.41, 5.74) is -0.0733. The summed E-state index contributed by atoms with van der Waals surface area (Å²) in [5.74, 6) is -1.01. The van der Waals surface area contributed by atoms with Gasteiger partial charge in [-0.2, -0.15) is 0 Å². The summed E-state index contributed by atoms with van der Waals surface area (Å²) in [6, 6.07) is -0.179. The highest BCUT2D eigenvalue weighted by atomic mass is 16.4. The van der Waals surface area contributed by atoms with Crippen LogP contribution in [0, 0.1) is 17.3 Å². The maximum atomic E-state index is 12.0. The first-order valence-electron chi connectivity index (χ1n) is 7.32. The minimum atomic E-state index is -0.855. The largest absolute Gasteiger partial charge is 0.481 e. The number of nitrogens with one attached hydrogen (secondary N) is 1. The number of urea groups is 1. The maximum Gasteiger partial charge on any atom is 0.317 e. The van der Waals surface area contributed by atoms with Crippen molar-refractivity contribution in [2.75, 3.05) is 19.6 Å². The Balaban J connectivity index is 4.46. The molecule has 118 valence electrons. The number of carbonyl (C=O) groups excluding carboxylic acids is 1. The highest BCUT2D eigenvalue weighted by Crippen LogP contribution is 2.24. The number of hydrogen-bond acceptors (Lipinski definition) is 2. The summed E-state index contributed by atoms with van der Waals surface area (Å²) in [6.07, 6.45) is 0.541. The van der Waals surface area contributed by atoms with E-state index >= 15 is 0 Å². The minimum Gasteiger partial charge on any atom is -0.481 e. The van der Waals surface area contributed by atoms with Gasteiger partial charge in [-0.1, -0.05) is 34.6 Å². The molecule has 0 heterocycles. The van der Waals surface area contributed by atoms with Gasteiger partial charge in [0.2, 0.25) is 0 Å². The van der Waals surface area contributed by atoms with Crippen LogP contribution in [0.15, 0.2) is 0 Å². The smallest absolute Gasteiger partial charge is 0.317 e. The highest BCUT2D eigenvalue weighted by Gasteiger charge is 2.25. The number of aliphatic carboxylic acids is 1. The summed E-state index contributed by atoms with van der Waals surface area (Å²) >= 11 is 0. The zero-order valence-corrected chi connectivity index (χ0v) is 13.7. The Labute approximate surface area is 122 Å². The molecule has 0 aromatic heterocycles. The van der Waals surface area contributed by atoms with Crippen molar-refractivity contribution in [3.63, 3.8) is 0 Å². The van der Waals surface area contributed by atoms with E-state index in [1.165, 1.54) is 0 Å². The lowest BCUT2D eigenvalue weighted by Gasteiger charge is -2.26. The van der Waals surface area contributed by atoms with Crippen LogP contribution in [0.25, 0.3) is 0 Å². The van der Waals surface area contributed by atoms with Crippen LogP contribution in [0.2, 0.25) is 0 Å². The first kappa shape index (κ1) is 18.7. The molecule has 5 nitrogen and oxygen atoms in total. The number of hydrogen-bond donors (Lipinski definition) is 2. The van der Waals surface area contributed by atoms with E-state index in [-0.39, 0.29) is 18.0 Å². The Hall–Kier alpha value is -1.26. The zero-order valence-electron chi connectivity index (χ0n) is 13.7. The van der Waals surface area contributed by atoms with Crippen LogP contribution >= 0.6 is 0 Å². The third-order valence-corrected chi connectivity index (χ3v) is 2.96. The number of carboxylic acid groups (broad SMARTS) is 1. The molecule has 5 heteroatoms. The molecule has 2 N–H and O–H groups in total. The second-order valence-electron chi connectivity index (χ2n) is 6.92. The lowest BCUT2D eigenvalue weighted by Crippen LogP contribution is -2.44. The molecule has 0 saturated heterocycles. The fourth-order valence-electron chi connectivity index (χ4n) is 2.10. The summed E-state index contributed by atoms with van der Waals surface area (Å²) in [6.45, 7) is 13.5. The summed E-state index contributed by atoms with van der Waals surface area (Å²) in [7, 11) is 0. The SMILES string of the molecule is CCN(CC(C)C)C(=O)NCC(CC(C)(C)C)C(=O)O. The van der Waals surface area contributed by atoms with Crippen LogP contribution in [-0.4, -0.2) is 41.6 Å². The van der Waals surface area contributed by atoms with E-state index in [2.05, 4.69) is 19.2 Å². The van der Waals surface area contributed by atoms with E-state index in [4.69, 9.17) is 0 Å². The monoisotopic (exact) mass is 286 g/mol. The van der Waals surface area contributed by atoms with E-state index in [1.54, 1.807) is 4.90 Å². The molecule has 0 aliphatic carbocycles. The van der Waals surface area contributed by atoms with Crippen molar-refractivity contribution in [1.82, 2.24) is 10.2 Å². The predicted octanol–water partition coefficient (Wildman–Crippen LogP) is 2.81. The van der Waals surface area contributed by atoms with Gasteiger partial charge in [-0.05, 0) is 24.7 Å². The van der Waals surface area contributed by atoms with Crippen LogP contribution in [0.3, 0.4) is 0 Å². The number of amides is 2. The molecule has 0 aliphatic heterocycles. The van der Waals surface area contributed by atoms with E-state index < -0.39 is 11.9 Å². The first-order chi connectivity index (χ1) is 9.06. The zero-order chi connectivity index (χ0) is 15.9. The third-order valence-electron chi connectivity index (χ3n) is 2.96. The highest BCUT2D eigenvalue weighted by molar-refractivity contribution is 5.76. The second-order valence-corrected chi connectivity index (χ2v) is 6.92. The standard InChI is InChI=1S/C15H30N2O3/c1-7-17(10-11(2)3)14(20)16-9-12(13(18)19)8-15(4,5)6/h11-12H,7-10H2,1-6H3,(H,16,20)(H,18,19). The van der Waals surface area contributed by atoms with Crippen molar-refractivity contribution in [1.29, 1.82) is 0 Å². The lowest BCUT2D eigenvalue weighted by molar-refractivity contribution is -0.142. The molecule has 0 saturated carbocycles. The molecular weight excluding hydrogens is 256 g/mol. The molecule has 1 atom stereocenters.